The lowest BCUT2D eigenvalue weighted by atomic mass is 10.2. The summed E-state index contributed by atoms with van der Waals surface area (Å²) < 4.78 is 3.87. The largest absolute Gasteiger partial charge is 1.00 e. The van der Waals surface area contributed by atoms with Crippen molar-refractivity contribution < 1.29 is 17.0 Å². The third-order valence-electron chi connectivity index (χ3n) is 3.73. The molecule has 0 aliphatic heterocycles. The number of azo groups is 1. The maximum atomic E-state index is 5.49. The molecule has 2 rings (SSSR count). The zero-order chi connectivity index (χ0) is 16.5. The van der Waals surface area contributed by atoms with Crippen molar-refractivity contribution in [3.8, 4) is 0 Å². The summed E-state index contributed by atoms with van der Waals surface area (Å²) in [5, 5.41) is 12.0. The van der Waals surface area contributed by atoms with Crippen molar-refractivity contribution in [3.05, 3.63) is 36.7 Å². The van der Waals surface area contributed by atoms with Gasteiger partial charge in [0.1, 0.15) is 5.69 Å². The van der Waals surface area contributed by atoms with Gasteiger partial charge in [-0.15, -0.1) is 0 Å². The Morgan fingerprint density at radius 3 is 2.42 bits per heavy atom. The molecule has 2 aromatic rings. The summed E-state index contributed by atoms with van der Waals surface area (Å²) in [7, 11) is 3.91. The summed E-state index contributed by atoms with van der Waals surface area (Å²) in [6, 6.07) is 8.03. The van der Waals surface area contributed by atoms with Crippen LogP contribution in [0.1, 0.15) is 25.7 Å². The molecule has 0 radical (unpaired) electrons. The first-order valence-electron chi connectivity index (χ1n) is 8.17. The number of nitrogens with zero attached hydrogens (tertiary/aromatic N) is 4. The molecule has 0 saturated heterocycles. The summed E-state index contributed by atoms with van der Waals surface area (Å²) in [5.41, 5.74) is 7.45. The topological polar surface area (TPSA) is 71.6 Å². The molecule has 6 nitrogen and oxygen atoms in total. The first-order chi connectivity index (χ1) is 11.2. The van der Waals surface area contributed by atoms with Gasteiger partial charge in [0.05, 0.1) is 26.5 Å². The van der Waals surface area contributed by atoms with E-state index in [0.29, 0.717) is 0 Å². The number of nitrogens with one attached hydrogen (secondary N) is 1. The van der Waals surface area contributed by atoms with E-state index in [1.807, 2.05) is 59.9 Å². The van der Waals surface area contributed by atoms with Crippen LogP contribution in [0.3, 0.4) is 0 Å². The number of imidazole rings is 1. The van der Waals surface area contributed by atoms with Crippen molar-refractivity contribution in [3.63, 3.8) is 0 Å². The average molecular weight is 351 g/mol. The minimum Gasteiger partial charge on any atom is -1.00 e. The standard InChI is InChI=1S/C17H26N6.ClH/c1-22-13-14-23(2)17(22)21-20-16-9-7-15(8-10-16)19-12-6-4-3-5-11-18;/h7-10,13-14H,3-6,11-12,18H2,1-2H3;1H. The quantitative estimate of drug-likeness (QED) is 0.385. The van der Waals surface area contributed by atoms with Crippen LogP contribution < -0.4 is 28.0 Å². The molecule has 7 heteroatoms. The second-order valence-electron chi connectivity index (χ2n) is 5.70. The minimum absolute atomic E-state index is 0. The lowest BCUT2D eigenvalue weighted by Crippen LogP contribution is -3.00. The second-order valence-corrected chi connectivity index (χ2v) is 5.70. The third-order valence-corrected chi connectivity index (χ3v) is 3.73. The monoisotopic (exact) mass is 350 g/mol. The first-order valence-corrected chi connectivity index (χ1v) is 8.17. The van der Waals surface area contributed by atoms with Crippen LogP contribution in [0.5, 0.6) is 0 Å². The highest BCUT2D eigenvalue weighted by Crippen LogP contribution is 2.18. The van der Waals surface area contributed by atoms with E-state index in [0.717, 1.165) is 36.8 Å². The van der Waals surface area contributed by atoms with Crippen molar-refractivity contribution in [1.82, 2.24) is 4.57 Å². The lowest BCUT2D eigenvalue weighted by molar-refractivity contribution is -0.657. The van der Waals surface area contributed by atoms with E-state index in [4.69, 9.17) is 5.73 Å². The van der Waals surface area contributed by atoms with Crippen molar-refractivity contribution in [2.24, 2.45) is 30.1 Å². The normalized spacial score (nSPS) is 10.8. The number of aryl methyl sites for hydroxylation is 2. The van der Waals surface area contributed by atoms with Crippen molar-refractivity contribution >= 4 is 17.3 Å². The molecule has 24 heavy (non-hydrogen) atoms. The predicted molar refractivity (Wildman–Crippen MR) is 93.2 cm³/mol. The minimum atomic E-state index is 0. The number of unbranched alkanes of at least 4 members (excludes halogenated alkanes) is 3. The van der Waals surface area contributed by atoms with Gasteiger partial charge >= 0.3 is 5.95 Å². The summed E-state index contributed by atoms with van der Waals surface area (Å²) in [4.78, 5) is 0. The molecule has 3 N–H and O–H groups in total. The Labute approximate surface area is 150 Å². The first kappa shape index (κ1) is 20.1. The van der Waals surface area contributed by atoms with E-state index in [1.165, 1.54) is 19.3 Å². The van der Waals surface area contributed by atoms with Gasteiger partial charge in [-0.05, 0) is 43.7 Å². The van der Waals surface area contributed by atoms with Crippen LogP contribution in [0, 0.1) is 0 Å². The van der Waals surface area contributed by atoms with E-state index in [2.05, 4.69) is 15.5 Å². The van der Waals surface area contributed by atoms with E-state index in [1.54, 1.807) is 0 Å². The number of halogens is 1. The van der Waals surface area contributed by atoms with Gasteiger partial charge in [-0.2, -0.15) is 0 Å². The van der Waals surface area contributed by atoms with Gasteiger partial charge in [0.2, 0.25) is 0 Å². The Bertz CT molecular complexity index is 601. The Kier molecular flexibility index (Phi) is 9.04. The van der Waals surface area contributed by atoms with E-state index in [9.17, 15) is 0 Å². The van der Waals surface area contributed by atoms with Gasteiger partial charge in [-0.1, -0.05) is 18.0 Å². The fourth-order valence-electron chi connectivity index (χ4n) is 2.33. The molecule has 0 fully saturated rings. The number of hydrogen-bond donors (Lipinski definition) is 2. The number of aromatic nitrogens is 2. The van der Waals surface area contributed by atoms with Gasteiger partial charge in [-0.25, -0.2) is 9.13 Å². The number of anilines is 1. The Morgan fingerprint density at radius 2 is 1.79 bits per heavy atom. The number of nitrogens with two attached hydrogens (primary N) is 1. The summed E-state index contributed by atoms with van der Waals surface area (Å²) in [6.45, 7) is 1.79. The van der Waals surface area contributed by atoms with E-state index in [-0.39, 0.29) is 12.4 Å². The molecule has 1 heterocycles. The summed E-state index contributed by atoms with van der Waals surface area (Å²) in [6.07, 6.45) is 8.64. The fourth-order valence-corrected chi connectivity index (χ4v) is 2.33. The lowest BCUT2D eigenvalue weighted by Gasteiger charge is -2.05. The molecule has 1 aromatic carbocycles. The SMILES string of the molecule is Cn1cc[n+](C)c1N=Nc1ccc(NCCCCCCN)cc1.[Cl-]. The van der Waals surface area contributed by atoms with Gasteiger partial charge < -0.3 is 23.5 Å². The Hall–Kier alpha value is -1.92. The number of benzene rings is 1. The van der Waals surface area contributed by atoms with E-state index >= 15 is 0 Å². The van der Waals surface area contributed by atoms with Crippen LogP contribution in [-0.4, -0.2) is 17.7 Å². The maximum Gasteiger partial charge on any atom is 0.421 e. The molecule has 0 unspecified atom stereocenters. The van der Waals surface area contributed by atoms with Crippen molar-refractivity contribution in [2.75, 3.05) is 18.4 Å². The van der Waals surface area contributed by atoms with Crippen LogP contribution in [0.2, 0.25) is 0 Å². The molecule has 0 saturated carbocycles. The molecule has 0 aliphatic carbocycles. The van der Waals surface area contributed by atoms with Crippen LogP contribution in [0.15, 0.2) is 46.9 Å². The Balaban J connectivity index is 0.00000288. The van der Waals surface area contributed by atoms with E-state index < -0.39 is 0 Å². The van der Waals surface area contributed by atoms with Crippen molar-refractivity contribution in [2.45, 2.75) is 25.7 Å². The molecule has 0 spiro atoms. The number of rotatable bonds is 9. The average Bonchev–Trinajstić information content (AvgIpc) is 2.88. The predicted octanol–water partition coefficient (Wildman–Crippen LogP) is 0.200. The Morgan fingerprint density at radius 1 is 1.08 bits per heavy atom. The summed E-state index contributed by atoms with van der Waals surface area (Å²) >= 11 is 0. The van der Waals surface area contributed by atoms with Gasteiger partial charge in [0.15, 0.2) is 0 Å². The number of hydrogen-bond acceptors (Lipinski definition) is 4. The zero-order valence-corrected chi connectivity index (χ0v) is 15.2. The van der Waals surface area contributed by atoms with Gasteiger partial charge in [0, 0.05) is 17.3 Å². The maximum absolute atomic E-state index is 5.49. The molecule has 0 atom stereocenters. The van der Waals surface area contributed by atoms with Crippen LogP contribution in [0.4, 0.5) is 17.3 Å². The van der Waals surface area contributed by atoms with Crippen LogP contribution in [-0.2, 0) is 14.1 Å². The third kappa shape index (κ3) is 6.29. The molecule has 1 aromatic heterocycles. The highest BCUT2D eigenvalue weighted by molar-refractivity contribution is 5.50. The molecular formula is C17H27ClN6. The molecular weight excluding hydrogens is 324 g/mol. The van der Waals surface area contributed by atoms with Crippen molar-refractivity contribution in [1.29, 1.82) is 0 Å². The van der Waals surface area contributed by atoms with Gasteiger partial charge in [0.25, 0.3) is 0 Å². The summed E-state index contributed by atoms with van der Waals surface area (Å²) in [5.74, 6) is 0.810. The molecule has 0 bridgehead atoms. The molecule has 0 aliphatic rings. The second kappa shape index (κ2) is 10.8. The molecule has 132 valence electrons. The fraction of sp³-hybridized carbons (Fsp3) is 0.471. The van der Waals surface area contributed by atoms with Crippen LogP contribution in [0.25, 0.3) is 0 Å². The smallest absolute Gasteiger partial charge is 0.421 e. The van der Waals surface area contributed by atoms with Gasteiger partial charge in [-0.3, -0.25) is 0 Å². The highest BCUT2D eigenvalue weighted by atomic mass is 35.5. The zero-order valence-electron chi connectivity index (χ0n) is 14.5. The molecule has 0 amide bonds. The van der Waals surface area contributed by atoms with Crippen LogP contribution >= 0.6 is 0 Å². The highest BCUT2D eigenvalue weighted by Gasteiger charge is 2.10.